The molecule has 0 saturated heterocycles. The van der Waals surface area contributed by atoms with E-state index in [0.29, 0.717) is 28.4 Å². The number of aryl methyl sites for hydroxylation is 1. The Bertz CT molecular complexity index is 1370. The van der Waals surface area contributed by atoms with E-state index in [-0.39, 0.29) is 12.3 Å². The van der Waals surface area contributed by atoms with Crippen molar-refractivity contribution in [3.05, 3.63) is 90.3 Å². The van der Waals surface area contributed by atoms with Crippen LogP contribution in [0.25, 0.3) is 16.8 Å². The minimum Gasteiger partial charge on any atom is -0.493 e. The molecule has 2 N–H and O–H groups in total. The Morgan fingerprint density at radius 3 is 2.39 bits per heavy atom. The van der Waals surface area contributed by atoms with Crippen molar-refractivity contribution in [1.82, 2.24) is 20.6 Å². The summed E-state index contributed by atoms with van der Waals surface area (Å²) >= 11 is 0. The molecule has 0 fully saturated rings. The Balaban J connectivity index is 1.55. The Labute approximate surface area is 208 Å². The molecule has 9 nitrogen and oxygen atoms in total. The summed E-state index contributed by atoms with van der Waals surface area (Å²) in [5.74, 6) is 0.534. The van der Waals surface area contributed by atoms with Crippen molar-refractivity contribution in [2.75, 3.05) is 20.8 Å². The number of ether oxygens (including phenoxy) is 3. The fourth-order valence-corrected chi connectivity index (χ4v) is 3.55. The maximum atomic E-state index is 13.1. The third-order valence-corrected chi connectivity index (χ3v) is 5.32. The highest BCUT2D eigenvalue weighted by Crippen LogP contribution is 2.34. The van der Waals surface area contributed by atoms with Crippen LogP contribution in [0.5, 0.6) is 17.2 Å². The van der Waals surface area contributed by atoms with Crippen LogP contribution >= 0.6 is 0 Å². The second-order valence-corrected chi connectivity index (χ2v) is 7.85. The molecule has 0 aliphatic heterocycles. The number of amides is 2. The highest BCUT2D eigenvalue weighted by atomic mass is 16.5. The second-order valence-electron chi connectivity index (χ2n) is 7.85. The van der Waals surface area contributed by atoms with Crippen molar-refractivity contribution >= 4 is 11.8 Å². The molecule has 4 rings (SSSR count). The van der Waals surface area contributed by atoms with Crippen LogP contribution in [-0.4, -0.2) is 42.4 Å². The maximum absolute atomic E-state index is 13.1. The minimum absolute atomic E-state index is 0.117. The van der Waals surface area contributed by atoms with Gasteiger partial charge in [-0.2, -0.15) is 5.10 Å². The minimum atomic E-state index is -0.585. The van der Waals surface area contributed by atoms with Crippen LogP contribution in [0.15, 0.2) is 79.0 Å². The van der Waals surface area contributed by atoms with Gasteiger partial charge in [0.25, 0.3) is 11.8 Å². The van der Waals surface area contributed by atoms with Gasteiger partial charge in [-0.3, -0.25) is 20.4 Å². The lowest BCUT2D eigenvalue weighted by molar-refractivity contribution is -0.123. The molecule has 0 unspecified atom stereocenters. The van der Waals surface area contributed by atoms with Gasteiger partial charge in [0.05, 0.1) is 19.9 Å². The molecule has 0 aliphatic carbocycles. The predicted octanol–water partition coefficient (Wildman–Crippen LogP) is 3.70. The number of benzene rings is 3. The number of rotatable bonds is 8. The lowest BCUT2D eigenvalue weighted by Gasteiger charge is -2.10. The third-order valence-electron chi connectivity index (χ3n) is 5.32. The molecule has 36 heavy (non-hydrogen) atoms. The zero-order valence-corrected chi connectivity index (χ0v) is 20.1. The van der Waals surface area contributed by atoms with Crippen LogP contribution < -0.4 is 25.1 Å². The van der Waals surface area contributed by atoms with E-state index in [2.05, 4.69) is 16.0 Å². The van der Waals surface area contributed by atoms with Gasteiger partial charge >= 0.3 is 0 Å². The molecule has 0 spiro atoms. The first-order valence-electron chi connectivity index (χ1n) is 11.1. The zero-order valence-electron chi connectivity index (χ0n) is 20.1. The van der Waals surface area contributed by atoms with E-state index in [1.807, 2.05) is 55.5 Å². The number of hydrazine groups is 1. The smallest absolute Gasteiger partial charge is 0.290 e. The van der Waals surface area contributed by atoms with Gasteiger partial charge in [0.1, 0.15) is 5.75 Å². The molecule has 4 aromatic rings. The standard InChI is InChI=1S/C27H26N4O5/c1-18-8-7-11-21(14-18)36-17-25(32)28-29-27(33)26-22(16-31(30-26)20-9-5-4-6-10-20)19-12-13-23(34-2)24(15-19)35-3/h4-16H,17H2,1-3H3,(H,28,32)(H,29,33). The van der Waals surface area contributed by atoms with Gasteiger partial charge < -0.3 is 14.2 Å². The number of nitrogens with one attached hydrogen (secondary N) is 2. The van der Waals surface area contributed by atoms with Crippen molar-refractivity contribution in [3.63, 3.8) is 0 Å². The first-order valence-corrected chi connectivity index (χ1v) is 11.1. The van der Waals surface area contributed by atoms with Crippen LogP contribution in [0.4, 0.5) is 0 Å². The van der Waals surface area contributed by atoms with Gasteiger partial charge in [0.2, 0.25) is 0 Å². The van der Waals surface area contributed by atoms with Crippen LogP contribution in [0, 0.1) is 6.92 Å². The number of para-hydroxylation sites is 1. The van der Waals surface area contributed by atoms with E-state index in [9.17, 15) is 9.59 Å². The number of carbonyl (C=O) groups is 2. The van der Waals surface area contributed by atoms with E-state index in [4.69, 9.17) is 14.2 Å². The first kappa shape index (κ1) is 24.3. The van der Waals surface area contributed by atoms with E-state index in [0.717, 1.165) is 11.3 Å². The molecule has 3 aromatic carbocycles. The molecular weight excluding hydrogens is 460 g/mol. The quantitative estimate of drug-likeness (QED) is 0.368. The second kappa shape index (κ2) is 11.1. The molecule has 0 saturated carbocycles. The molecule has 1 heterocycles. The van der Waals surface area contributed by atoms with Crippen LogP contribution in [-0.2, 0) is 4.79 Å². The summed E-state index contributed by atoms with van der Waals surface area (Å²) in [5.41, 5.74) is 7.93. The molecule has 2 amide bonds. The Kier molecular flexibility index (Phi) is 7.50. The monoisotopic (exact) mass is 486 g/mol. The largest absolute Gasteiger partial charge is 0.493 e. The van der Waals surface area contributed by atoms with Crippen molar-refractivity contribution in [1.29, 1.82) is 0 Å². The number of methoxy groups -OCH3 is 2. The summed E-state index contributed by atoms with van der Waals surface area (Å²) in [6.07, 6.45) is 1.74. The maximum Gasteiger partial charge on any atom is 0.290 e. The summed E-state index contributed by atoms with van der Waals surface area (Å²) < 4.78 is 17.8. The van der Waals surface area contributed by atoms with E-state index < -0.39 is 11.8 Å². The molecule has 9 heteroatoms. The zero-order chi connectivity index (χ0) is 25.5. The van der Waals surface area contributed by atoms with Gasteiger partial charge in [-0.15, -0.1) is 0 Å². The molecular formula is C27H26N4O5. The molecule has 184 valence electrons. The summed E-state index contributed by atoms with van der Waals surface area (Å²) in [6.45, 7) is 1.67. The Morgan fingerprint density at radius 1 is 0.889 bits per heavy atom. The summed E-state index contributed by atoms with van der Waals surface area (Å²) in [4.78, 5) is 25.4. The third kappa shape index (κ3) is 5.64. The van der Waals surface area contributed by atoms with Gasteiger partial charge in [0, 0.05) is 11.8 Å². The Morgan fingerprint density at radius 2 is 1.67 bits per heavy atom. The van der Waals surface area contributed by atoms with Crippen molar-refractivity contribution in [2.45, 2.75) is 6.92 Å². The van der Waals surface area contributed by atoms with Gasteiger partial charge in [-0.1, -0.05) is 36.4 Å². The van der Waals surface area contributed by atoms with Crippen LogP contribution in [0.3, 0.4) is 0 Å². The first-order chi connectivity index (χ1) is 17.5. The number of aromatic nitrogens is 2. The van der Waals surface area contributed by atoms with Gasteiger partial charge in [-0.05, 0) is 54.4 Å². The highest BCUT2D eigenvalue weighted by molar-refractivity contribution is 6.00. The predicted molar refractivity (Wildman–Crippen MR) is 134 cm³/mol. The topological polar surface area (TPSA) is 104 Å². The molecule has 0 atom stereocenters. The number of hydrogen-bond donors (Lipinski definition) is 2. The summed E-state index contributed by atoms with van der Waals surface area (Å²) in [5, 5.41) is 4.49. The number of nitrogens with zero attached hydrogens (tertiary/aromatic N) is 2. The van der Waals surface area contributed by atoms with Crippen molar-refractivity contribution in [3.8, 4) is 34.1 Å². The van der Waals surface area contributed by atoms with Crippen LogP contribution in [0.2, 0.25) is 0 Å². The molecule has 0 radical (unpaired) electrons. The Hall–Kier alpha value is -4.79. The average molecular weight is 487 g/mol. The fraction of sp³-hybridized carbons (Fsp3) is 0.148. The number of hydrogen-bond acceptors (Lipinski definition) is 6. The van der Waals surface area contributed by atoms with Gasteiger partial charge in [0.15, 0.2) is 23.8 Å². The average Bonchev–Trinajstić information content (AvgIpc) is 3.36. The van der Waals surface area contributed by atoms with Crippen LogP contribution in [0.1, 0.15) is 16.1 Å². The highest BCUT2D eigenvalue weighted by Gasteiger charge is 2.21. The van der Waals surface area contributed by atoms with E-state index in [1.165, 1.54) is 7.11 Å². The summed E-state index contributed by atoms with van der Waals surface area (Å²) in [6, 6.07) is 22.0. The fourth-order valence-electron chi connectivity index (χ4n) is 3.55. The molecule has 0 aliphatic rings. The lowest BCUT2D eigenvalue weighted by Crippen LogP contribution is -2.44. The normalized spacial score (nSPS) is 10.4. The summed E-state index contributed by atoms with van der Waals surface area (Å²) in [7, 11) is 3.09. The lowest BCUT2D eigenvalue weighted by atomic mass is 10.1. The van der Waals surface area contributed by atoms with E-state index in [1.54, 1.807) is 42.3 Å². The molecule has 1 aromatic heterocycles. The van der Waals surface area contributed by atoms with Crippen molar-refractivity contribution < 1.29 is 23.8 Å². The number of carbonyl (C=O) groups excluding carboxylic acids is 2. The molecule has 0 bridgehead atoms. The van der Waals surface area contributed by atoms with Gasteiger partial charge in [-0.25, -0.2) is 4.68 Å². The van der Waals surface area contributed by atoms with E-state index >= 15 is 0 Å². The SMILES string of the molecule is COc1ccc(-c2cn(-c3ccccc3)nc2C(=O)NNC(=O)COc2cccc(C)c2)cc1OC. The van der Waals surface area contributed by atoms with Crippen molar-refractivity contribution in [2.24, 2.45) is 0 Å².